The summed E-state index contributed by atoms with van der Waals surface area (Å²) in [5, 5.41) is 9.14. The Morgan fingerprint density at radius 3 is 2.71 bits per heavy atom. The first kappa shape index (κ1) is 14.7. The van der Waals surface area contributed by atoms with E-state index in [1.54, 1.807) is 24.5 Å². The van der Waals surface area contributed by atoms with Gasteiger partial charge in [0.15, 0.2) is 0 Å². The topological polar surface area (TPSA) is 68.0 Å². The minimum atomic E-state index is -0.192. The zero-order valence-corrected chi connectivity index (χ0v) is 13.7. The molecule has 3 heterocycles. The van der Waals surface area contributed by atoms with Crippen LogP contribution in [0.4, 0.5) is 0 Å². The third-order valence-corrected chi connectivity index (χ3v) is 4.20. The van der Waals surface area contributed by atoms with Crippen molar-refractivity contribution in [3.05, 3.63) is 64.2 Å². The average molecular weight is 340 g/mol. The number of benzene rings is 1. The molecule has 0 bridgehead atoms. The molecule has 24 heavy (non-hydrogen) atoms. The third-order valence-electron chi connectivity index (χ3n) is 3.95. The fourth-order valence-corrected chi connectivity index (χ4v) is 2.90. The van der Waals surface area contributed by atoms with Crippen molar-refractivity contribution in [1.29, 1.82) is 0 Å². The van der Waals surface area contributed by atoms with Crippen LogP contribution >= 0.6 is 11.6 Å². The number of rotatable bonds is 3. The number of nitrogens with zero attached hydrogens (tertiary/aromatic N) is 4. The summed E-state index contributed by atoms with van der Waals surface area (Å²) in [6.07, 6.45) is 3.42. The summed E-state index contributed by atoms with van der Waals surface area (Å²) in [6.45, 7) is 2.75. The molecule has 6 nitrogen and oxygen atoms in total. The monoisotopic (exact) mass is 339 g/mol. The Balaban J connectivity index is 1.95. The van der Waals surface area contributed by atoms with Gasteiger partial charge in [0, 0.05) is 23.8 Å². The molecule has 3 aromatic heterocycles. The van der Waals surface area contributed by atoms with Crippen LogP contribution in [-0.2, 0) is 6.54 Å². The van der Waals surface area contributed by atoms with E-state index >= 15 is 0 Å². The van der Waals surface area contributed by atoms with Gasteiger partial charge in [0.05, 0.1) is 23.1 Å². The number of hydrogen-bond acceptors (Lipinski definition) is 3. The van der Waals surface area contributed by atoms with Gasteiger partial charge in [0.25, 0.3) is 5.56 Å². The molecule has 7 heteroatoms. The Kier molecular flexibility index (Phi) is 3.46. The number of hydrogen-bond donors (Lipinski definition) is 1. The number of fused-ring (bicyclic) bond motifs is 1. The second-order valence-corrected chi connectivity index (χ2v) is 5.82. The smallest absolute Gasteiger partial charge is 0.274 e. The zero-order chi connectivity index (χ0) is 16.7. The largest absolute Gasteiger partial charge is 0.339 e. The Labute approximate surface area is 142 Å². The SMILES string of the molecule is CCn1nccc1-c1cnn2c(=O)cc(-c3ccc(Cl)cc3)[nH]c12. The molecular weight excluding hydrogens is 326 g/mol. The van der Waals surface area contributed by atoms with Gasteiger partial charge in [-0.3, -0.25) is 9.48 Å². The molecule has 4 rings (SSSR count). The first-order valence-electron chi connectivity index (χ1n) is 7.56. The summed E-state index contributed by atoms with van der Waals surface area (Å²) < 4.78 is 3.23. The maximum Gasteiger partial charge on any atom is 0.274 e. The van der Waals surface area contributed by atoms with Crippen LogP contribution in [0, 0.1) is 0 Å². The van der Waals surface area contributed by atoms with Crippen LogP contribution in [0.1, 0.15) is 6.92 Å². The third kappa shape index (κ3) is 2.32. The van der Waals surface area contributed by atoms with E-state index in [4.69, 9.17) is 11.6 Å². The van der Waals surface area contributed by atoms with Crippen molar-refractivity contribution in [2.45, 2.75) is 13.5 Å². The van der Waals surface area contributed by atoms with Crippen molar-refractivity contribution >= 4 is 17.2 Å². The second-order valence-electron chi connectivity index (χ2n) is 5.38. The van der Waals surface area contributed by atoms with Gasteiger partial charge in [-0.25, -0.2) is 0 Å². The van der Waals surface area contributed by atoms with Gasteiger partial charge in [0.2, 0.25) is 0 Å². The highest BCUT2D eigenvalue weighted by molar-refractivity contribution is 6.30. The van der Waals surface area contributed by atoms with Gasteiger partial charge in [-0.1, -0.05) is 23.7 Å². The lowest BCUT2D eigenvalue weighted by Gasteiger charge is -2.06. The van der Waals surface area contributed by atoms with Gasteiger partial charge >= 0.3 is 0 Å². The summed E-state index contributed by atoms with van der Waals surface area (Å²) in [7, 11) is 0. The Morgan fingerprint density at radius 1 is 1.17 bits per heavy atom. The first-order chi connectivity index (χ1) is 11.7. The van der Waals surface area contributed by atoms with Gasteiger partial charge in [-0.2, -0.15) is 14.7 Å². The van der Waals surface area contributed by atoms with E-state index in [9.17, 15) is 4.79 Å². The predicted octanol–water partition coefficient (Wildman–Crippen LogP) is 3.23. The highest BCUT2D eigenvalue weighted by Gasteiger charge is 2.14. The molecule has 1 aromatic carbocycles. The molecule has 0 saturated heterocycles. The van der Waals surface area contributed by atoms with Gasteiger partial charge in [-0.05, 0) is 30.7 Å². The quantitative estimate of drug-likeness (QED) is 0.623. The highest BCUT2D eigenvalue weighted by atomic mass is 35.5. The van der Waals surface area contributed by atoms with Crippen molar-refractivity contribution in [2.75, 3.05) is 0 Å². The van der Waals surface area contributed by atoms with Crippen molar-refractivity contribution in [2.24, 2.45) is 0 Å². The summed E-state index contributed by atoms with van der Waals surface area (Å²) in [5.41, 5.74) is 3.80. The van der Waals surface area contributed by atoms with Crippen LogP contribution in [0.25, 0.3) is 28.2 Å². The number of H-pyrrole nitrogens is 1. The molecule has 0 aliphatic carbocycles. The summed E-state index contributed by atoms with van der Waals surface area (Å²) >= 11 is 5.94. The molecule has 120 valence electrons. The van der Waals surface area contributed by atoms with E-state index < -0.39 is 0 Å². The molecule has 0 aliphatic rings. The van der Waals surface area contributed by atoms with Crippen LogP contribution in [0.2, 0.25) is 5.02 Å². The standard InChI is InChI=1S/C17H14ClN5O/c1-2-22-15(7-8-19-22)13-10-20-23-16(24)9-14(21-17(13)23)11-3-5-12(18)6-4-11/h3-10,21H,2H2,1H3. The van der Waals surface area contributed by atoms with Crippen LogP contribution in [0.3, 0.4) is 0 Å². The minimum Gasteiger partial charge on any atom is -0.339 e. The fraction of sp³-hybridized carbons (Fsp3) is 0.118. The molecule has 0 saturated carbocycles. The van der Waals surface area contributed by atoms with Crippen molar-refractivity contribution in [3.8, 4) is 22.5 Å². The van der Waals surface area contributed by atoms with Crippen molar-refractivity contribution in [1.82, 2.24) is 24.4 Å². The summed E-state index contributed by atoms with van der Waals surface area (Å²) in [4.78, 5) is 15.7. The van der Waals surface area contributed by atoms with Gasteiger partial charge in [-0.15, -0.1) is 0 Å². The van der Waals surface area contributed by atoms with E-state index in [0.717, 1.165) is 23.4 Å². The van der Waals surface area contributed by atoms with Crippen LogP contribution in [-0.4, -0.2) is 24.4 Å². The maximum absolute atomic E-state index is 12.4. The minimum absolute atomic E-state index is 0.192. The molecule has 0 amide bonds. The van der Waals surface area contributed by atoms with E-state index in [0.29, 0.717) is 16.4 Å². The first-order valence-corrected chi connectivity index (χ1v) is 7.94. The van der Waals surface area contributed by atoms with Crippen molar-refractivity contribution in [3.63, 3.8) is 0 Å². The van der Waals surface area contributed by atoms with E-state index in [1.807, 2.05) is 29.8 Å². The predicted molar refractivity (Wildman–Crippen MR) is 93.2 cm³/mol. The maximum atomic E-state index is 12.4. The normalized spacial score (nSPS) is 11.2. The Hall–Kier alpha value is -2.86. The highest BCUT2D eigenvalue weighted by Crippen LogP contribution is 2.25. The molecule has 0 radical (unpaired) electrons. The average Bonchev–Trinajstić information content (AvgIpc) is 3.21. The number of nitrogens with one attached hydrogen (secondary N) is 1. The molecule has 1 N–H and O–H groups in total. The molecule has 0 atom stereocenters. The van der Waals surface area contributed by atoms with Gasteiger partial charge in [0.1, 0.15) is 5.65 Å². The zero-order valence-electron chi connectivity index (χ0n) is 12.9. The molecule has 0 unspecified atom stereocenters. The van der Waals surface area contributed by atoms with Crippen LogP contribution < -0.4 is 5.56 Å². The molecule has 0 aliphatic heterocycles. The van der Waals surface area contributed by atoms with Crippen LogP contribution in [0.5, 0.6) is 0 Å². The van der Waals surface area contributed by atoms with Crippen LogP contribution in [0.15, 0.2) is 53.6 Å². The summed E-state index contributed by atoms with van der Waals surface area (Å²) in [5.74, 6) is 0. The molecule has 0 spiro atoms. The Bertz CT molecular complexity index is 1070. The number of aryl methyl sites for hydroxylation is 1. The lowest BCUT2D eigenvalue weighted by Crippen LogP contribution is -2.14. The molecule has 4 aromatic rings. The fourth-order valence-electron chi connectivity index (χ4n) is 2.77. The lowest BCUT2D eigenvalue weighted by molar-refractivity contribution is 0.667. The number of aromatic amines is 1. The molecule has 0 fully saturated rings. The van der Waals surface area contributed by atoms with E-state index in [1.165, 1.54) is 10.6 Å². The van der Waals surface area contributed by atoms with E-state index in [-0.39, 0.29) is 5.56 Å². The van der Waals surface area contributed by atoms with E-state index in [2.05, 4.69) is 15.2 Å². The Morgan fingerprint density at radius 2 is 1.96 bits per heavy atom. The lowest BCUT2D eigenvalue weighted by atomic mass is 10.1. The second kappa shape index (κ2) is 5.65. The molecular formula is C17H14ClN5O. The van der Waals surface area contributed by atoms with Crippen molar-refractivity contribution < 1.29 is 0 Å². The number of aromatic nitrogens is 5. The van der Waals surface area contributed by atoms with Gasteiger partial charge < -0.3 is 4.98 Å². The summed E-state index contributed by atoms with van der Waals surface area (Å²) in [6, 6.07) is 10.8. The number of halogens is 1.